The van der Waals surface area contributed by atoms with Crippen molar-refractivity contribution in [3.05, 3.63) is 70.6 Å². The molecule has 1 atom stereocenters. The van der Waals surface area contributed by atoms with Gasteiger partial charge in [-0.25, -0.2) is 0 Å². The summed E-state index contributed by atoms with van der Waals surface area (Å²) in [7, 11) is 0. The molecule has 3 N–H and O–H groups in total. The largest absolute Gasteiger partial charge is 0.433 e. The molecule has 1 unspecified atom stereocenters. The Morgan fingerprint density at radius 3 is 2.67 bits per heavy atom. The average Bonchev–Trinajstić information content (AvgIpc) is 3.25. The normalized spacial score (nSPS) is 12.8. The van der Waals surface area contributed by atoms with Crippen LogP contribution in [0.15, 0.2) is 36.8 Å². The molecule has 3 rings (SSSR count). The number of hydrogen-bond acceptors (Lipinski definition) is 3. The summed E-state index contributed by atoms with van der Waals surface area (Å²) in [6.07, 6.45) is 0.405. The Morgan fingerprint density at radius 2 is 2.07 bits per heavy atom. The Morgan fingerprint density at radius 1 is 1.30 bits per heavy atom. The highest BCUT2D eigenvalue weighted by molar-refractivity contribution is 5.94. The SMILES string of the molecule is Cc1c(Cc2ccc(C(F)(F)F)nc2)c[nH]c1C(=O)NC(C)c1ccn[nH]1. The minimum Gasteiger partial charge on any atom is -0.357 e. The molecule has 0 saturated heterocycles. The second kappa shape index (κ2) is 7.26. The molecule has 0 aliphatic rings. The van der Waals surface area contributed by atoms with Gasteiger partial charge >= 0.3 is 6.18 Å². The third-order valence-electron chi connectivity index (χ3n) is 4.32. The first-order valence-electron chi connectivity index (χ1n) is 8.25. The third-order valence-corrected chi connectivity index (χ3v) is 4.32. The molecule has 142 valence electrons. The summed E-state index contributed by atoms with van der Waals surface area (Å²) in [5, 5.41) is 9.51. The van der Waals surface area contributed by atoms with Crippen molar-refractivity contribution in [1.29, 1.82) is 0 Å². The van der Waals surface area contributed by atoms with Crippen LogP contribution in [0.3, 0.4) is 0 Å². The molecule has 0 spiro atoms. The molecule has 3 aromatic rings. The van der Waals surface area contributed by atoms with Gasteiger partial charge in [-0.15, -0.1) is 0 Å². The molecule has 3 aromatic heterocycles. The summed E-state index contributed by atoms with van der Waals surface area (Å²) in [6.45, 7) is 3.62. The number of hydrogen-bond donors (Lipinski definition) is 3. The number of aromatic amines is 2. The van der Waals surface area contributed by atoms with Crippen LogP contribution in [-0.4, -0.2) is 26.1 Å². The summed E-state index contributed by atoms with van der Waals surface area (Å²) < 4.78 is 37.8. The van der Waals surface area contributed by atoms with Crippen molar-refractivity contribution < 1.29 is 18.0 Å². The number of rotatable bonds is 5. The maximum Gasteiger partial charge on any atom is 0.433 e. The van der Waals surface area contributed by atoms with Gasteiger partial charge in [-0.2, -0.15) is 18.3 Å². The fourth-order valence-corrected chi connectivity index (χ4v) is 2.73. The first-order chi connectivity index (χ1) is 12.8. The van der Waals surface area contributed by atoms with Crippen molar-refractivity contribution in [2.75, 3.05) is 0 Å². The van der Waals surface area contributed by atoms with Gasteiger partial charge in [-0.1, -0.05) is 6.07 Å². The average molecular weight is 377 g/mol. The molecule has 0 aliphatic heterocycles. The Labute approximate surface area is 153 Å². The summed E-state index contributed by atoms with van der Waals surface area (Å²) in [6, 6.07) is 3.87. The number of alkyl halides is 3. The maximum atomic E-state index is 12.6. The van der Waals surface area contributed by atoms with Crippen molar-refractivity contribution in [1.82, 2.24) is 25.5 Å². The van der Waals surface area contributed by atoms with Crippen molar-refractivity contribution in [2.24, 2.45) is 0 Å². The topological polar surface area (TPSA) is 86.5 Å². The molecule has 6 nitrogen and oxygen atoms in total. The number of nitrogens with zero attached hydrogens (tertiary/aromatic N) is 2. The first kappa shape index (κ1) is 18.7. The molecule has 0 aromatic carbocycles. The molecular weight excluding hydrogens is 359 g/mol. The van der Waals surface area contributed by atoms with E-state index in [2.05, 4.69) is 25.5 Å². The zero-order valence-electron chi connectivity index (χ0n) is 14.7. The van der Waals surface area contributed by atoms with E-state index in [0.717, 1.165) is 22.9 Å². The van der Waals surface area contributed by atoms with E-state index >= 15 is 0 Å². The number of halogens is 3. The molecule has 0 fully saturated rings. The van der Waals surface area contributed by atoms with Gasteiger partial charge in [0.2, 0.25) is 0 Å². The van der Waals surface area contributed by atoms with E-state index in [4.69, 9.17) is 0 Å². The lowest BCUT2D eigenvalue weighted by atomic mass is 10.0. The molecule has 0 aliphatic carbocycles. The van der Waals surface area contributed by atoms with Crippen molar-refractivity contribution >= 4 is 5.91 Å². The monoisotopic (exact) mass is 377 g/mol. The van der Waals surface area contributed by atoms with Crippen LogP contribution < -0.4 is 5.32 Å². The van der Waals surface area contributed by atoms with Gasteiger partial charge in [-0.3, -0.25) is 14.9 Å². The summed E-state index contributed by atoms with van der Waals surface area (Å²) in [5.74, 6) is -0.272. The van der Waals surface area contributed by atoms with E-state index in [1.807, 2.05) is 6.92 Å². The minimum absolute atomic E-state index is 0.245. The van der Waals surface area contributed by atoms with Crippen LogP contribution in [0.25, 0.3) is 0 Å². The summed E-state index contributed by atoms with van der Waals surface area (Å²) in [4.78, 5) is 18.9. The molecule has 0 saturated carbocycles. The predicted molar refractivity (Wildman–Crippen MR) is 92.0 cm³/mol. The highest BCUT2D eigenvalue weighted by Gasteiger charge is 2.32. The Kier molecular flexibility index (Phi) is 5.02. The second-order valence-electron chi connectivity index (χ2n) is 6.25. The molecular formula is C18H18F3N5O. The van der Waals surface area contributed by atoms with Crippen LogP contribution in [0, 0.1) is 6.92 Å². The van der Waals surface area contributed by atoms with Crippen LogP contribution in [0.2, 0.25) is 0 Å². The van der Waals surface area contributed by atoms with Gasteiger partial charge in [0.15, 0.2) is 0 Å². The number of H-pyrrole nitrogens is 2. The number of amides is 1. The second-order valence-corrected chi connectivity index (χ2v) is 6.25. The van der Waals surface area contributed by atoms with E-state index < -0.39 is 11.9 Å². The van der Waals surface area contributed by atoms with Crippen LogP contribution in [0.1, 0.15) is 51.5 Å². The first-order valence-corrected chi connectivity index (χ1v) is 8.25. The quantitative estimate of drug-likeness (QED) is 0.636. The lowest BCUT2D eigenvalue weighted by molar-refractivity contribution is -0.141. The molecule has 0 bridgehead atoms. The van der Waals surface area contributed by atoms with Gasteiger partial charge in [0.25, 0.3) is 5.91 Å². The van der Waals surface area contributed by atoms with Gasteiger partial charge in [0.05, 0.1) is 11.7 Å². The fourth-order valence-electron chi connectivity index (χ4n) is 2.73. The van der Waals surface area contributed by atoms with E-state index in [1.165, 1.54) is 12.3 Å². The smallest absolute Gasteiger partial charge is 0.357 e. The third kappa shape index (κ3) is 4.18. The lowest BCUT2D eigenvalue weighted by Gasteiger charge is -2.12. The van der Waals surface area contributed by atoms with Gasteiger partial charge in [-0.05, 0) is 42.7 Å². The van der Waals surface area contributed by atoms with Crippen molar-refractivity contribution in [3.8, 4) is 0 Å². The summed E-state index contributed by atoms with van der Waals surface area (Å²) in [5.41, 5.74) is 2.45. The van der Waals surface area contributed by atoms with E-state index in [-0.39, 0.29) is 11.9 Å². The lowest BCUT2D eigenvalue weighted by Crippen LogP contribution is -2.27. The molecule has 27 heavy (non-hydrogen) atoms. The number of carbonyl (C=O) groups is 1. The van der Waals surface area contributed by atoms with Crippen LogP contribution in [0.4, 0.5) is 13.2 Å². The van der Waals surface area contributed by atoms with Crippen molar-refractivity contribution in [2.45, 2.75) is 32.5 Å². The predicted octanol–water partition coefficient (Wildman–Crippen LogP) is 3.54. The Balaban J connectivity index is 1.70. The van der Waals surface area contributed by atoms with Crippen molar-refractivity contribution in [3.63, 3.8) is 0 Å². The number of pyridine rings is 1. The molecule has 9 heteroatoms. The maximum absolute atomic E-state index is 12.6. The number of nitrogens with one attached hydrogen (secondary N) is 3. The number of aromatic nitrogens is 4. The summed E-state index contributed by atoms with van der Waals surface area (Å²) >= 11 is 0. The van der Waals surface area contributed by atoms with E-state index in [9.17, 15) is 18.0 Å². The van der Waals surface area contributed by atoms with Crippen LogP contribution >= 0.6 is 0 Å². The molecule has 0 radical (unpaired) electrons. The fraction of sp³-hybridized carbons (Fsp3) is 0.278. The van der Waals surface area contributed by atoms with Crippen LogP contribution in [-0.2, 0) is 12.6 Å². The highest BCUT2D eigenvalue weighted by Crippen LogP contribution is 2.27. The van der Waals surface area contributed by atoms with Crippen LogP contribution in [0.5, 0.6) is 0 Å². The zero-order valence-corrected chi connectivity index (χ0v) is 14.7. The van der Waals surface area contributed by atoms with E-state index in [0.29, 0.717) is 17.7 Å². The molecule has 3 heterocycles. The number of carbonyl (C=O) groups excluding carboxylic acids is 1. The standard InChI is InChI=1S/C18H18F3N5O/c1-10-13(7-12-3-4-15(22-8-12)18(19,20)21)9-23-16(10)17(27)25-11(2)14-5-6-24-26-14/h3-6,8-9,11,23H,7H2,1-2H3,(H,24,26)(H,25,27). The van der Waals surface area contributed by atoms with Gasteiger partial charge in [0, 0.05) is 25.0 Å². The van der Waals surface area contributed by atoms with Gasteiger partial charge < -0.3 is 10.3 Å². The van der Waals surface area contributed by atoms with Gasteiger partial charge in [0.1, 0.15) is 11.4 Å². The minimum atomic E-state index is -4.46. The molecule has 1 amide bonds. The Hall–Kier alpha value is -3.10. The van der Waals surface area contributed by atoms with E-state index in [1.54, 1.807) is 25.4 Å². The Bertz CT molecular complexity index is 914. The zero-order chi connectivity index (χ0) is 19.6. The highest BCUT2D eigenvalue weighted by atomic mass is 19.4.